The Morgan fingerprint density at radius 2 is 1.61 bits per heavy atom. The van der Waals surface area contributed by atoms with Crippen molar-refractivity contribution in [3.63, 3.8) is 0 Å². The normalized spacial score (nSPS) is 18.5. The number of carbonyl (C=O) groups excluding carboxylic acids is 4. The van der Waals surface area contributed by atoms with Crippen LogP contribution in [0, 0.1) is 23.7 Å². The third-order valence-corrected chi connectivity index (χ3v) is 12.3. The van der Waals surface area contributed by atoms with Crippen LogP contribution in [0.5, 0.6) is 0 Å². The van der Waals surface area contributed by atoms with E-state index < -0.39 is 48.3 Å². The smallest absolute Gasteiger partial charge is 0.407 e. The molecule has 5 amide bonds. The number of thiazole rings is 1. The lowest BCUT2D eigenvalue weighted by Gasteiger charge is -2.41. The van der Waals surface area contributed by atoms with E-state index in [-0.39, 0.29) is 54.0 Å². The molecule has 2 heterocycles. The second kappa shape index (κ2) is 22.2. The van der Waals surface area contributed by atoms with E-state index in [4.69, 9.17) is 9.47 Å². The van der Waals surface area contributed by atoms with Gasteiger partial charge in [-0.3, -0.25) is 24.1 Å². The average Bonchev–Trinajstić information content (AvgIpc) is 3.90. The van der Waals surface area contributed by atoms with Crippen molar-refractivity contribution in [3.05, 3.63) is 52.5 Å². The summed E-state index contributed by atoms with van der Waals surface area (Å²) in [5.41, 5.74) is 1.07. The number of likely N-dealkylation sites (tertiary alicyclic amines) is 1. The first-order valence-corrected chi connectivity index (χ1v) is 21.0. The van der Waals surface area contributed by atoms with E-state index in [0.29, 0.717) is 25.8 Å². The number of carboxylic acid groups (broad SMARTS) is 1. The highest BCUT2D eigenvalue weighted by atomic mass is 32.1. The number of hydrogen-bond donors (Lipinski definition) is 3. The van der Waals surface area contributed by atoms with Crippen LogP contribution in [0.2, 0.25) is 0 Å². The summed E-state index contributed by atoms with van der Waals surface area (Å²) in [6.07, 6.45) is 1.88. The maximum absolute atomic E-state index is 14.3. The van der Waals surface area contributed by atoms with E-state index in [1.807, 2.05) is 70.3 Å². The van der Waals surface area contributed by atoms with Crippen molar-refractivity contribution < 1.29 is 38.6 Å². The lowest BCUT2D eigenvalue weighted by molar-refractivity contribution is -0.148. The third kappa shape index (κ3) is 12.2. The van der Waals surface area contributed by atoms with Gasteiger partial charge in [0.2, 0.25) is 23.6 Å². The van der Waals surface area contributed by atoms with E-state index in [1.165, 1.54) is 25.5 Å². The van der Waals surface area contributed by atoms with Crippen molar-refractivity contribution in [3.8, 4) is 0 Å². The topological polar surface area (TPSA) is 171 Å². The second-order valence-electron chi connectivity index (χ2n) is 16.0. The molecule has 318 valence electrons. The van der Waals surface area contributed by atoms with Crippen molar-refractivity contribution >= 4 is 41.1 Å². The number of likely N-dealkylation sites (N-methyl/N-ethyl adjacent to an activating group) is 2. The molecule has 9 atom stereocenters. The van der Waals surface area contributed by atoms with Gasteiger partial charge in [0.25, 0.3) is 0 Å². The fourth-order valence-electron chi connectivity index (χ4n) is 8.08. The summed E-state index contributed by atoms with van der Waals surface area (Å²) in [6.45, 7) is 13.5. The molecule has 0 saturated carbocycles. The fourth-order valence-corrected chi connectivity index (χ4v) is 8.77. The standard InChI is InChI=1S/C42H66N6O8S/c1-12-27(6)36(46(8)41(52)34(25(2)3)45-39(51)35(26(4)5)47(9)42(53)54)32(55-10)24-33(49)48-21-16-19-31(48)37(56-11)28(7)38(50)44-30(40-43-20-22-57-40)23-29-17-14-13-15-18-29/h13-15,17-18,20,22,25-28,30-32,34-37H,12,16,19,21,23-24H2,1-11H3,(H,44,50)(H,45,51)(H,53,54)/t27-,28+,30-,31-,32-,34-,35-,36-,37+/m0/s1. The molecular formula is C42H66N6O8S. The molecule has 1 aliphatic rings. The van der Waals surface area contributed by atoms with Gasteiger partial charge in [-0.15, -0.1) is 11.3 Å². The molecule has 0 spiro atoms. The van der Waals surface area contributed by atoms with Crippen molar-refractivity contribution in [2.75, 3.05) is 34.9 Å². The third-order valence-electron chi connectivity index (χ3n) is 11.5. The second-order valence-corrected chi connectivity index (χ2v) is 16.9. The van der Waals surface area contributed by atoms with Crippen LogP contribution < -0.4 is 10.6 Å². The van der Waals surface area contributed by atoms with E-state index in [2.05, 4.69) is 15.6 Å². The molecular weight excluding hydrogens is 749 g/mol. The number of benzene rings is 1. The van der Waals surface area contributed by atoms with Gasteiger partial charge in [-0.1, -0.05) is 85.2 Å². The lowest BCUT2D eigenvalue weighted by Crippen LogP contribution is -2.60. The molecule has 2 aromatic rings. The van der Waals surface area contributed by atoms with Crippen LogP contribution in [-0.4, -0.2) is 126 Å². The van der Waals surface area contributed by atoms with Crippen LogP contribution in [0.25, 0.3) is 0 Å². The monoisotopic (exact) mass is 814 g/mol. The van der Waals surface area contributed by atoms with Crippen LogP contribution in [0.4, 0.5) is 4.79 Å². The zero-order valence-corrected chi connectivity index (χ0v) is 36.5. The number of amides is 5. The van der Waals surface area contributed by atoms with E-state index in [0.717, 1.165) is 21.9 Å². The largest absolute Gasteiger partial charge is 0.465 e. The van der Waals surface area contributed by atoms with E-state index in [9.17, 15) is 29.1 Å². The minimum Gasteiger partial charge on any atom is -0.465 e. The number of hydrogen-bond acceptors (Lipinski definition) is 9. The number of ether oxygens (including phenoxy) is 2. The predicted octanol–water partition coefficient (Wildman–Crippen LogP) is 5.24. The van der Waals surface area contributed by atoms with Gasteiger partial charge in [0.05, 0.1) is 42.7 Å². The van der Waals surface area contributed by atoms with E-state index >= 15 is 0 Å². The van der Waals surface area contributed by atoms with Crippen LogP contribution in [-0.2, 0) is 35.1 Å². The van der Waals surface area contributed by atoms with Gasteiger partial charge in [0, 0.05) is 46.4 Å². The fraction of sp³-hybridized carbons (Fsp3) is 0.667. The number of carbonyl (C=O) groups is 5. The number of aromatic nitrogens is 1. The summed E-state index contributed by atoms with van der Waals surface area (Å²) in [5.74, 6) is -2.61. The summed E-state index contributed by atoms with van der Waals surface area (Å²) in [6, 6.07) is 6.78. The molecule has 0 radical (unpaired) electrons. The molecule has 1 aromatic heterocycles. The maximum atomic E-state index is 14.3. The predicted molar refractivity (Wildman–Crippen MR) is 220 cm³/mol. The lowest BCUT2D eigenvalue weighted by atomic mass is 9.89. The highest BCUT2D eigenvalue weighted by Gasteiger charge is 2.43. The number of nitrogens with zero attached hydrogens (tertiary/aromatic N) is 4. The Kier molecular flexibility index (Phi) is 18.4. The minimum absolute atomic E-state index is 0.0165. The summed E-state index contributed by atoms with van der Waals surface area (Å²) in [7, 11) is 6.10. The first-order chi connectivity index (χ1) is 27.0. The van der Waals surface area contributed by atoms with Gasteiger partial charge in [-0.05, 0) is 42.6 Å². The Morgan fingerprint density at radius 1 is 0.947 bits per heavy atom. The molecule has 3 N–H and O–H groups in total. The molecule has 1 aromatic carbocycles. The van der Waals surface area contributed by atoms with Gasteiger partial charge in [-0.25, -0.2) is 9.78 Å². The van der Waals surface area contributed by atoms with Gasteiger partial charge in [0.15, 0.2) is 0 Å². The molecule has 1 fully saturated rings. The van der Waals surface area contributed by atoms with Gasteiger partial charge >= 0.3 is 6.09 Å². The molecule has 15 heteroatoms. The van der Waals surface area contributed by atoms with Gasteiger partial charge in [0.1, 0.15) is 17.1 Å². The maximum Gasteiger partial charge on any atom is 0.407 e. The Labute approximate surface area is 343 Å². The zero-order valence-electron chi connectivity index (χ0n) is 35.6. The Morgan fingerprint density at radius 3 is 2.14 bits per heavy atom. The van der Waals surface area contributed by atoms with E-state index in [1.54, 1.807) is 44.0 Å². The first kappa shape index (κ1) is 47.3. The van der Waals surface area contributed by atoms with Crippen molar-refractivity contribution in [1.82, 2.24) is 30.3 Å². The van der Waals surface area contributed by atoms with Crippen molar-refractivity contribution in [2.45, 2.75) is 123 Å². The zero-order chi connectivity index (χ0) is 42.6. The number of rotatable bonds is 21. The Hall–Kier alpha value is -4.08. The van der Waals surface area contributed by atoms with Crippen molar-refractivity contribution in [2.24, 2.45) is 23.7 Å². The summed E-state index contributed by atoms with van der Waals surface area (Å²) >= 11 is 1.49. The Balaban J connectivity index is 1.80. The summed E-state index contributed by atoms with van der Waals surface area (Å²) in [5, 5.41) is 18.4. The first-order valence-electron chi connectivity index (χ1n) is 20.1. The SMILES string of the molecule is CC[C@H](C)[C@@H]([C@H](CC(=O)N1CCC[C@H]1[C@H](OC)[C@@H](C)C(=O)N[C@@H](Cc1ccccc1)c1nccs1)OC)N(C)C(=O)[C@@H](NC(=O)[C@H](C(C)C)N(C)C(=O)O)C(C)C. The van der Waals surface area contributed by atoms with Crippen LogP contribution in [0.15, 0.2) is 41.9 Å². The minimum atomic E-state index is -1.24. The van der Waals surface area contributed by atoms with Crippen LogP contribution >= 0.6 is 11.3 Å². The van der Waals surface area contributed by atoms with Crippen LogP contribution in [0.3, 0.4) is 0 Å². The highest BCUT2D eigenvalue weighted by Crippen LogP contribution is 2.30. The molecule has 14 nitrogen and oxygen atoms in total. The van der Waals surface area contributed by atoms with Crippen molar-refractivity contribution in [1.29, 1.82) is 0 Å². The van der Waals surface area contributed by atoms with Gasteiger partial charge < -0.3 is 35.0 Å². The molecule has 57 heavy (non-hydrogen) atoms. The number of methoxy groups -OCH3 is 2. The summed E-state index contributed by atoms with van der Waals surface area (Å²) < 4.78 is 12.0. The average molecular weight is 815 g/mol. The molecule has 3 rings (SSSR count). The summed E-state index contributed by atoms with van der Waals surface area (Å²) in [4.78, 5) is 76.6. The molecule has 1 saturated heterocycles. The van der Waals surface area contributed by atoms with Crippen LogP contribution in [0.1, 0.15) is 90.8 Å². The number of nitrogens with one attached hydrogen (secondary N) is 2. The molecule has 1 aliphatic heterocycles. The molecule has 0 unspecified atom stereocenters. The highest BCUT2D eigenvalue weighted by molar-refractivity contribution is 7.09. The Bertz CT molecular complexity index is 1590. The quantitative estimate of drug-likeness (QED) is 0.153. The molecule has 0 aliphatic carbocycles. The van der Waals surface area contributed by atoms with Gasteiger partial charge in [-0.2, -0.15) is 0 Å². The molecule has 0 bridgehead atoms.